The van der Waals surface area contributed by atoms with Gasteiger partial charge in [-0.05, 0) is 60.9 Å². The Labute approximate surface area is 198 Å². The van der Waals surface area contributed by atoms with E-state index in [1.165, 1.54) is 0 Å². The van der Waals surface area contributed by atoms with E-state index in [1.807, 2.05) is 82.4 Å². The van der Waals surface area contributed by atoms with Gasteiger partial charge >= 0.3 is 0 Å². The van der Waals surface area contributed by atoms with E-state index in [9.17, 15) is 4.79 Å². The largest absolute Gasteiger partial charge is 0.493 e. The number of amides is 1. The number of likely N-dealkylation sites (tertiary alicyclic amines) is 1. The van der Waals surface area contributed by atoms with Crippen molar-refractivity contribution in [2.75, 3.05) is 20.8 Å². The molecule has 4 aromatic rings. The molecule has 1 atom stereocenters. The first kappa shape index (κ1) is 21.8. The van der Waals surface area contributed by atoms with Crippen LogP contribution < -0.4 is 14.2 Å². The van der Waals surface area contributed by atoms with Crippen molar-refractivity contribution in [1.29, 1.82) is 0 Å². The van der Waals surface area contributed by atoms with E-state index in [0.717, 1.165) is 29.7 Å². The zero-order valence-corrected chi connectivity index (χ0v) is 19.3. The summed E-state index contributed by atoms with van der Waals surface area (Å²) in [4.78, 5) is 19.9. The predicted octanol–water partition coefficient (Wildman–Crippen LogP) is 4.91. The lowest BCUT2D eigenvalue weighted by atomic mass is 10.0. The van der Waals surface area contributed by atoms with Gasteiger partial charge in [-0.1, -0.05) is 18.2 Å². The normalized spacial score (nSPS) is 15.5. The molecule has 2 aromatic carbocycles. The van der Waals surface area contributed by atoms with Gasteiger partial charge in [0.1, 0.15) is 18.0 Å². The van der Waals surface area contributed by atoms with Crippen LogP contribution in [-0.4, -0.2) is 41.0 Å². The van der Waals surface area contributed by atoms with Gasteiger partial charge in [-0.3, -0.25) is 4.79 Å². The van der Waals surface area contributed by atoms with Crippen LogP contribution in [0.3, 0.4) is 0 Å². The number of imidazole rings is 1. The van der Waals surface area contributed by atoms with Crippen LogP contribution in [0.1, 0.15) is 40.5 Å². The van der Waals surface area contributed by atoms with Crippen LogP contribution in [0.2, 0.25) is 0 Å². The number of methoxy groups -OCH3 is 2. The summed E-state index contributed by atoms with van der Waals surface area (Å²) in [5.41, 5.74) is 3.36. The predicted molar refractivity (Wildman–Crippen MR) is 129 cm³/mol. The number of carbonyl (C=O) groups excluding carboxylic acids is 1. The summed E-state index contributed by atoms with van der Waals surface area (Å²) in [7, 11) is 3.24. The maximum atomic E-state index is 13.5. The summed E-state index contributed by atoms with van der Waals surface area (Å²) >= 11 is 0. The Hall–Kier alpha value is -4.00. The number of nitrogens with zero attached hydrogens (tertiary/aromatic N) is 3. The average molecular weight is 458 g/mol. The Balaban J connectivity index is 1.31. The zero-order valence-electron chi connectivity index (χ0n) is 19.3. The molecule has 1 amide bonds. The lowest BCUT2D eigenvalue weighted by Gasteiger charge is -2.26. The maximum absolute atomic E-state index is 13.5. The van der Waals surface area contributed by atoms with Crippen LogP contribution in [0.4, 0.5) is 0 Å². The standard InChI is InChI=1S/C27H27N3O4/c1-32-24-12-11-19(16-25(24)33-2)23-9-6-14-30(23)27(31)20-7-5-8-22(15-20)34-18-21-17-29-13-4-3-10-26(29)28-21/h3-5,7-8,10-13,15-17,23H,6,9,14,18H2,1-2H3/t23-/m0/s1. The van der Waals surface area contributed by atoms with Gasteiger partial charge in [0.2, 0.25) is 0 Å². The molecule has 0 radical (unpaired) electrons. The van der Waals surface area contributed by atoms with Crippen LogP contribution in [-0.2, 0) is 6.61 Å². The van der Waals surface area contributed by atoms with Crippen LogP contribution in [0.5, 0.6) is 17.2 Å². The van der Waals surface area contributed by atoms with Crippen LogP contribution in [0.25, 0.3) is 5.65 Å². The number of ether oxygens (including phenoxy) is 3. The van der Waals surface area contributed by atoms with E-state index in [4.69, 9.17) is 14.2 Å². The van der Waals surface area contributed by atoms with Crippen molar-refractivity contribution in [3.05, 3.63) is 89.9 Å². The highest BCUT2D eigenvalue weighted by Gasteiger charge is 2.31. The van der Waals surface area contributed by atoms with Crippen molar-refractivity contribution in [2.45, 2.75) is 25.5 Å². The molecule has 7 nitrogen and oxygen atoms in total. The molecule has 2 aromatic heterocycles. The SMILES string of the molecule is COc1ccc([C@@H]2CCCN2C(=O)c2cccc(OCc3cn4ccccc4n3)c2)cc1OC. The van der Waals surface area contributed by atoms with Gasteiger partial charge in [0.15, 0.2) is 11.5 Å². The number of fused-ring (bicyclic) bond motifs is 1. The number of pyridine rings is 1. The number of aromatic nitrogens is 2. The maximum Gasteiger partial charge on any atom is 0.254 e. The molecule has 0 spiro atoms. The first-order valence-electron chi connectivity index (χ1n) is 11.3. The van der Waals surface area contributed by atoms with Crippen molar-refractivity contribution in [3.63, 3.8) is 0 Å². The Morgan fingerprint density at radius 2 is 1.91 bits per heavy atom. The smallest absolute Gasteiger partial charge is 0.254 e. The molecule has 1 aliphatic rings. The molecule has 0 bridgehead atoms. The molecular formula is C27H27N3O4. The van der Waals surface area contributed by atoms with Crippen LogP contribution in [0.15, 0.2) is 73.1 Å². The second-order valence-electron chi connectivity index (χ2n) is 8.29. The molecule has 3 heterocycles. The summed E-state index contributed by atoms with van der Waals surface area (Å²) in [6, 6.07) is 19.1. The first-order valence-corrected chi connectivity index (χ1v) is 11.3. The molecule has 0 unspecified atom stereocenters. The highest BCUT2D eigenvalue weighted by atomic mass is 16.5. The summed E-state index contributed by atoms with van der Waals surface area (Å²) in [5.74, 6) is 1.99. The summed E-state index contributed by atoms with van der Waals surface area (Å²) < 4.78 is 18.7. The van der Waals surface area contributed by atoms with E-state index < -0.39 is 0 Å². The summed E-state index contributed by atoms with van der Waals surface area (Å²) in [5, 5.41) is 0. The molecule has 1 aliphatic heterocycles. The molecule has 1 saturated heterocycles. The number of carbonyl (C=O) groups is 1. The minimum absolute atomic E-state index is 0.00420. The number of rotatable bonds is 7. The monoisotopic (exact) mass is 457 g/mol. The molecule has 0 saturated carbocycles. The lowest BCUT2D eigenvalue weighted by molar-refractivity contribution is 0.0735. The second-order valence-corrected chi connectivity index (χ2v) is 8.29. The van der Waals surface area contributed by atoms with Gasteiger partial charge in [0.05, 0.1) is 26.0 Å². The van der Waals surface area contributed by atoms with Crippen LogP contribution in [0, 0.1) is 0 Å². The third kappa shape index (κ3) is 4.29. The molecule has 174 valence electrons. The van der Waals surface area contributed by atoms with E-state index in [2.05, 4.69) is 4.98 Å². The van der Waals surface area contributed by atoms with Gasteiger partial charge < -0.3 is 23.5 Å². The fraction of sp³-hybridized carbons (Fsp3) is 0.259. The van der Waals surface area contributed by atoms with Crippen molar-refractivity contribution in [3.8, 4) is 17.2 Å². The quantitative estimate of drug-likeness (QED) is 0.395. The fourth-order valence-electron chi connectivity index (χ4n) is 4.52. The van der Waals surface area contributed by atoms with E-state index >= 15 is 0 Å². The third-order valence-corrected chi connectivity index (χ3v) is 6.19. The van der Waals surface area contributed by atoms with Gasteiger partial charge in [0.25, 0.3) is 5.91 Å². The molecular weight excluding hydrogens is 430 g/mol. The minimum atomic E-state index is -0.00476. The van der Waals surface area contributed by atoms with E-state index in [-0.39, 0.29) is 11.9 Å². The number of hydrogen-bond acceptors (Lipinski definition) is 5. The molecule has 34 heavy (non-hydrogen) atoms. The average Bonchev–Trinajstić information content (AvgIpc) is 3.54. The molecule has 0 aliphatic carbocycles. The molecule has 7 heteroatoms. The molecule has 0 N–H and O–H groups in total. The van der Waals surface area contributed by atoms with Crippen molar-refractivity contribution in [2.24, 2.45) is 0 Å². The molecule has 1 fully saturated rings. The number of benzene rings is 2. The Morgan fingerprint density at radius 1 is 1.03 bits per heavy atom. The molecule has 5 rings (SSSR count). The van der Waals surface area contributed by atoms with Gasteiger partial charge in [-0.25, -0.2) is 4.98 Å². The minimum Gasteiger partial charge on any atom is -0.493 e. The summed E-state index contributed by atoms with van der Waals surface area (Å²) in [6.07, 6.45) is 5.76. The lowest BCUT2D eigenvalue weighted by Crippen LogP contribution is -2.30. The number of hydrogen-bond donors (Lipinski definition) is 0. The van der Waals surface area contributed by atoms with Crippen molar-refractivity contribution >= 4 is 11.6 Å². The van der Waals surface area contributed by atoms with Crippen molar-refractivity contribution in [1.82, 2.24) is 14.3 Å². The fourth-order valence-corrected chi connectivity index (χ4v) is 4.52. The van der Waals surface area contributed by atoms with Gasteiger partial charge in [0, 0.05) is 24.5 Å². The van der Waals surface area contributed by atoms with Gasteiger partial charge in [-0.15, -0.1) is 0 Å². The summed E-state index contributed by atoms with van der Waals surface area (Å²) in [6.45, 7) is 1.04. The first-order chi connectivity index (χ1) is 16.7. The van der Waals surface area contributed by atoms with E-state index in [1.54, 1.807) is 14.2 Å². The van der Waals surface area contributed by atoms with Gasteiger partial charge in [-0.2, -0.15) is 0 Å². The second kappa shape index (κ2) is 9.47. The highest BCUT2D eigenvalue weighted by molar-refractivity contribution is 5.95. The van der Waals surface area contributed by atoms with Crippen LogP contribution >= 0.6 is 0 Å². The zero-order chi connectivity index (χ0) is 23.5. The Bertz CT molecular complexity index is 1280. The van der Waals surface area contributed by atoms with Crippen molar-refractivity contribution < 1.29 is 19.0 Å². The Kier molecular flexibility index (Phi) is 6.08. The highest BCUT2D eigenvalue weighted by Crippen LogP contribution is 2.37. The topological polar surface area (TPSA) is 65.3 Å². The van der Waals surface area contributed by atoms with E-state index in [0.29, 0.717) is 36.0 Å². The third-order valence-electron chi connectivity index (χ3n) is 6.19. The Morgan fingerprint density at radius 3 is 2.74 bits per heavy atom.